The number of thiazole rings is 1. The lowest BCUT2D eigenvalue weighted by Crippen LogP contribution is -2.37. The van der Waals surface area contributed by atoms with E-state index in [-0.39, 0.29) is 11.9 Å². The van der Waals surface area contributed by atoms with Gasteiger partial charge in [-0.3, -0.25) is 19.1 Å². The van der Waals surface area contributed by atoms with Crippen LogP contribution in [-0.4, -0.2) is 41.5 Å². The molecule has 0 radical (unpaired) electrons. The summed E-state index contributed by atoms with van der Waals surface area (Å²) in [4.78, 5) is 33.7. The SMILES string of the molecule is CN1C(=O)c2ccccc2CC1c1ccc(Cl)cc1Cl.CSNC1CCCCC1.Cc1ncc(CONC=O)s1. The number of fused-ring (bicyclic) bond motifs is 1. The average molecular weight is 624 g/mol. The highest BCUT2D eigenvalue weighted by Crippen LogP contribution is 2.36. The fraction of sp³-hybridized carbons (Fsp3) is 0.414. The molecule has 216 valence electrons. The summed E-state index contributed by atoms with van der Waals surface area (Å²) in [5.74, 6) is 0.0304. The Bertz CT molecular complexity index is 1230. The quantitative estimate of drug-likeness (QED) is 0.126. The van der Waals surface area contributed by atoms with Gasteiger partial charge in [0.15, 0.2) is 0 Å². The molecule has 5 rings (SSSR count). The van der Waals surface area contributed by atoms with Gasteiger partial charge in [0.1, 0.15) is 6.61 Å². The Morgan fingerprint density at radius 2 is 1.93 bits per heavy atom. The Kier molecular flexibility index (Phi) is 13.7. The number of hydrogen-bond acceptors (Lipinski definition) is 7. The molecular weight excluding hydrogens is 587 g/mol. The van der Waals surface area contributed by atoms with E-state index in [0.29, 0.717) is 23.1 Å². The van der Waals surface area contributed by atoms with Crippen LogP contribution in [0.4, 0.5) is 0 Å². The Hall–Kier alpha value is -2.14. The lowest BCUT2D eigenvalue weighted by molar-refractivity contribution is -0.121. The zero-order valence-electron chi connectivity index (χ0n) is 23.0. The summed E-state index contributed by atoms with van der Waals surface area (Å²) in [6.07, 6.45) is 12.2. The molecule has 40 heavy (non-hydrogen) atoms. The van der Waals surface area contributed by atoms with E-state index in [0.717, 1.165) is 39.0 Å². The summed E-state index contributed by atoms with van der Waals surface area (Å²) >= 11 is 15.5. The maximum Gasteiger partial charge on any atom is 0.254 e. The zero-order chi connectivity index (χ0) is 28.9. The normalized spacial score (nSPS) is 16.7. The number of benzene rings is 2. The molecule has 0 bridgehead atoms. The van der Waals surface area contributed by atoms with Crippen LogP contribution in [0.15, 0.2) is 48.7 Å². The van der Waals surface area contributed by atoms with E-state index in [1.165, 1.54) is 32.1 Å². The third kappa shape index (κ3) is 9.75. The number of hydroxylamine groups is 1. The van der Waals surface area contributed by atoms with E-state index in [2.05, 4.69) is 21.4 Å². The van der Waals surface area contributed by atoms with Gasteiger partial charge < -0.3 is 4.90 Å². The highest BCUT2D eigenvalue weighted by atomic mass is 35.5. The largest absolute Gasteiger partial charge is 0.334 e. The molecule has 2 heterocycles. The average Bonchev–Trinajstić information content (AvgIpc) is 3.37. The zero-order valence-corrected chi connectivity index (χ0v) is 26.1. The molecule has 0 spiro atoms. The molecule has 1 unspecified atom stereocenters. The number of rotatable bonds is 7. The molecule has 2 aliphatic rings. The smallest absolute Gasteiger partial charge is 0.254 e. The van der Waals surface area contributed by atoms with Crippen molar-refractivity contribution in [2.45, 2.75) is 64.1 Å². The van der Waals surface area contributed by atoms with Crippen LogP contribution in [0, 0.1) is 6.92 Å². The van der Waals surface area contributed by atoms with Crippen molar-refractivity contribution >= 4 is 58.8 Å². The van der Waals surface area contributed by atoms with E-state index in [1.54, 1.807) is 40.4 Å². The molecule has 1 saturated carbocycles. The summed E-state index contributed by atoms with van der Waals surface area (Å²) in [5.41, 5.74) is 4.87. The number of hydrogen-bond donors (Lipinski definition) is 2. The summed E-state index contributed by atoms with van der Waals surface area (Å²) in [6.45, 7) is 2.30. The number of halogens is 2. The Morgan fingerprint density at radius 3 is 2.58 bits per heavy atom. The molecule has 1 aliphatic carbocycles. The first kappa shape index (κ1) is 32.4. The number of aromatic nitrogens is 1. The number of aryl methyl sites for hydroxylation is 1. The lowest BCUT2D eigenvalue weighted by Gasteiger charge is -2.34. The lowest BCUT2D eigenvalue weighted by atomic mass is 9.90. The number of carbonyl (C=O) groups excluding carboxylic acids is 2. The first-order valence-corrected chi connectivity index (χ1v) is 15.9. The standard InChI is InChI=1S/C16H13Cl2NO.C7H15NS.C6H8N2O2S/c1-19-15(13-7-6-11(17)9-14(13)18)8-10-4-2-3-5-12(10)16(19)20;1-9-8-7-5-3-2-4-6-7;1-5-7-2-6(11-5)3-10-8-4-9/h2-7,9,15H,8H2,1H3;7-8H,2-6H2,1H3;2,4H,3H2,1H3,(H,8,9). The van der Waals surface area contributed by atoms with Gasteiger partial charge in [-0.2, -0.15) is 0 Å². The topological polar surface area (TPSA) is 83.6 Å². The van der Waals surface area contributed by atoms with Crippen LogP contribution >= 0.6 is 46.5 Å². The molecule has 1 aromatic heterocycles. The minimum absolute atomic E-state index is 0.0304. The Balaban J connectivity index is 0.000000186. The monoisotopic (exact) mass is 622 g/mol. The number of carbonyl (C=O) groups is 2. The third-order valence-electron chi connectivity index (χ3n) is 6.68. The van der Waals surface area contributed by atoms with Crippen molar-refractivity contribution in [3.05, 3.63) is 85.3 Å². The van der Waals surface area contributed by atoms with E-state index in [1.807, 2.05) is 50.4 Å². The van der Waals surface area contributed by atoms with Crippen molar-refractivity contribution in [3.8, 4) is 0 Å². The fourth-order valence-corrected chi connectivity index (χ4v) is 6.49. The maximum absolute atomic E-state index is 12.4. The number of likely N-dealkylation sites (N-methyl/N-ethyl adjacent to an activating group) is 1. The molecule has 2 N–H and O–H groups in total. The molecule has 1 atom stereocenters. The summed E-state index contributed by atoms with van der Waals surface area (Å²) in [5, 5.41) is 2.19. The fourth-order valence-electron chi connectivity index (χ4n) is 4.68. The van der Waals surface area contributed by atoms with Gasteiger partial charge in [-0.1, -0.05) is 78.7 Å². The molecule has 7 nitrogen and oxygen atoms in total. The molecule has 11 heteroatoms. The van der Waals surface area contributed by atoms with Crippen LogP contribution < -0.4 is 10.2 Å². The van der Waals surface area contributed by atoms with Crippen molar-refractivity contribution in [1.82, 2.24) is 20.1 Å². The predicted octanol–water partition coefficient (Wildman–Crippen LogP) is 7.18. The first-order valence-electron chi connectivity index (χ1n) is 13.1. The van der Waals surface area contributed by atoms with Crippen molar-refractivity contribution in [3.63, 3.8) is 0 Å². The van der Waals surface area contributed by atoms with Crippen molar-refractivity contribution in [2.75, 3.05) is 13.3 Å². The molecule has 2 amide bonds. The second-order valence-corrected chi connectivity index (χ2v) is 12.3. The van der Waals surface area contributed by atoms with E-state index in [4.69, 9.17) is 28.0 Å². The highest BCUT2D eigenvalue weighted by molar-refractivity contribution is 7.96. The van der Waals surface area contributed by atoms with Crippen molar-refractivity contribution < 1.29 is 14.4 Å². The Labute approximate surface area is 255 Å². The molecule has 0 saturated heterocycles. The van der Waals surface area contributed by atoms with Crippen molar-refractivity contribution in [2.24, 2.45) is 0 Å². The molecule has 1 fully saturated rings. The highest BCUT2D eigenvalue weighted by Gasteiger charge is 2.31. The second-order valence-electron chi connectivity index (χ2n) is 9.49. The van der Waals surface area contributed by atoms with Crippen LogP contribution in [0.3, 0.4) is 0 Å². The van der Waals surface area contributed by atoms with Crippen LogP contribution in [0.25, 0.3) is 0 Å². The minimum atomic E-state index is -0.0535. The number of amides is 2. The summed E-state index contributed by atoms with van der Waals surface area (Å²) in [6, 6.07) is 13.9. The predicted molar refractivity (Wildman–Crippen MR) is 166 cm³/mol. The number of nitrogens with one attached hydrogen (secondary N) is 2. The maximum atomic E-state index is 12.4. The first-order chi connectivity index (χ1) is 19.3. The molecule has 2 aromatic carbocycles. The van der Waals surface area contributed by atoms with Crippen LogP contribution in [0.1, 0.15) is 69.5 Å². The van der Waals surface area contributed by atoms with Gasteiger partial charge in [0, 0.05) is 34.9 Å². The van der Waals surface area contributed by atoms with Gasteiger partial charge in [-0.05, 0) is 61.8 Å². The van der Waals surface area contributed by atoms with Crippen LogP contribution in [0.2, 0.25) is 10.0 Å². The van der Waals surface area contributed by atoms with Gasteiger partial charge in [0.25, 0.3) is 5.91 Å². The van der Waals surface area contributed by atoms with Gasteiger partial charge in [-0.15, -0.1) is 11.3 Å². The molecular formula is C29H36Cl2N4O3S2. The summed E-state index contributed by atoms with van der Waals surface area (Å²) in [7, 11) is 1.81. The van der Waals surface area contributed by atoms with Gasteiger partial charge in [0.2, 0.25) is 6.41 Å². The van der Waals surface area contributed by atoms with E-state index < -0.39 is 0 Å². The van der Waals surface area contributed by atoms with E-state index >= 15 is 0 Å². The van der Waals surface area contributed by atoms with Gasteiger partial charge in [-0.25, -0.2) is 10.5 Å². The third-order valence-corrected chi connectivity index (χ3v) is 8.69. The second kappa shape index (κ2) is 17.0. The molecule has 3 aromatic rings. The Morgan fingerprint density at radius 1 is 1.18 bits per heavy atom. The number of nitrogens with zero attached hydrogens (tertiary/aromatic N) is 2. The van der Waals surface area contributed by atoms with Crippen LogP contribution in [0.5, 0.6) is 0 Å². The van der Waals surface area contributed by atoms with Crippen molar-refractivity contribution in [1.29, 1.82) is 0 Å². The van der Waals surface area contributed by atoms with Gasteiger partial charge >= 0.3 is 0 Å². The van der Waals surface area contributed by atoms with E-state index in [9.17, 15) is 9.59 Å². The van der Waals surface area contributed by atoms with Crippen LogP contribution in [-0.2, 0) is 22.7 Å². The van der Waals surface area contributed by atoms with Gasteiger partial charge in [0.05, 0.1) is 15.9 Å². The minimum Gasteiger partial charge on any atom is -0.334 e. The molecule has 1 aliphatic heterocycles. The summed E-state index contributed by atoms with van der Waals surface area (Å²) < 4.78 is 3.40.